The van der Waals surface area contributed by atoms with Gasteiger partial charge in [0.05, 0.1) is 18.5 Å². The van der Waals surface area contributed by atoms with E-state index in [1.165, 1.54) is 26.2 Å². The number of hydrogen-bond donors (Lipinski definition) is 4. The van der Waals surface area contributed by atoms with Gasteiger partial charge in [0.1, 0.15) is 6.10 Å². The first-order valence-corrected chi connectivity index (χ1v) is 12.5. The van der Waals surface area contributed by atoms with Crippen LogP contribution in [-0.4, -0.2) is 30.0 Å². The number of anilines is 3. The SMILES string of the molecule is COc1ccc([C@@H](OC(=O)Nc2ccc(C(C)=O)cc2)[C@@H](C)CC/C=C/C(=O)Nc2ccccc2N)cc1O. The van der Waals surface area contributed by atoms with Crippen molar-refractivity contribution in [1.82, 2.24) is 0 Å². The molecule has 0 heterocycles. The third kappa shape index (κ3) is 8.36. The largest absolute Gasteiger partial charge is 0.504 e. The molecule has 0 bridgehead atoms. The van der Waals surface area contributed by atoms with Crippen molar-refractivity contribution < 1.29 is 29.0 Å². The van der Waals surface area contributed by atoms with Crippen LogP contribution in [-0.2, 0) is 9.53 Å². The quantitative estimate of drug-likeness (QED) is 0.133. The number of phenols is 1. The van der Waals surface area contributed by atoms with E-state index in [-0.39, 0.29) is 23.4 Å². The Bertz CT molecular complexity index is 1340. The fourth-order valence-electron chi connectivity index (χ4n) is 3.93. The molecule has 0 radical (unpaired) electrons. The number of allylic oxidation sites excluding steroid dienone is 1. The van der Waals surface area contributed by atoms with Gasteiger partial charge < -0.3 is 25.6 Å². The average Bonchev–Trinajstić information content (AvgIpc) is 2.91. The number of Topliss-reactive ketones (excluding diaryl/α,β-unsaturated/α-hetero) is 1. The molecule has 0 aliphatic heterocycles. The van der Waals surface area contributed by atoms with E-state index in [1.54, 1.807) is 66.7 Å². The number of methoxy groups -OCH3 is 1. The highest BCUT2D eigenvalue weighted by molar-refractivity contribution is 6.01. The molecule has 0 aromatic heterocycles. The highest BCUT2D eigenvalue weighted by atomic mass is 16.6. The highest BCUT2D eigenvalue weighted by Gasteiger charge is 2.25. The molecule has 9 heteroatoms. The molecular weight excluding hydrogens is 498 g/mol. The zero-order valence-electron chi connectivity index (χ0n) is 22.1. The molecule has 3 aromatic carbocycles. The van der Waals surface area contributed by atoms with Crippen molar-refractivity contribution in [2.75, 3.05) is 23.5 Å². The molecule has 0 saturated heterocycles. The highest BCUT2D eigenvalue weighted by Crippen LogP contribution is 2.35. The number of carbonyl (C=O) groups is 3. The summed E-state index contributed by atoms with van der Waals surface area (Å²) in [5, 5.41) is 15.7. The van der Waals surface area contributed by atoms with E-state index in [1.807, 2.05) is 6.92 Å². The Hall–Kier alpha value is -4.79. The Morgan fingerprint density at radius 3 is 2.38 bits per heavy atom. The van der Waals surface area contributed by atoms with E-state index < -0.39 is 12.2 Å². The van der Waals surface area contributed by atoms with E-state index in [2.05, 4.69) is 10.6 Å². The number of hydrogen-bond acceptors (Lipinski definition) is 7. The lowest BCUT2D eigenvalue weighted by molar-refractivity contribution is -0.111. The number of para-hydroxylation sites is 2. The van der Waals surface area contributed by atoms with Crippen LogP contribution in [0.3, 0.4) is 0 Å². The second kappa shape index (κ2) is 13.7. The van der Waals surface area contributed by atoms with Crippen LogP contribution in [0.1, 0.15) is 48.7 Å². The van der Waals surface area contributed by atoms with Gasteiger partial charge in [0, 0.05) is 11.3 Å². The van der Waals surface area contributed by atoms with E-state index in [9.17, 15) is 19.5 Å². The molecule has 5 N–H and O–H groups in total. The molecule has 3 rings (SSSR count). The van der Waals surface area contributed by atoms with Crippen LogP contribution in [0, 0.1) is 5.92 Å². The maximum absolute atomic E-state index is 12.8. The van der Waals surface area contributed by atoms with Crippen LogP contribution >= 0.6 is 0 Å². The minimum Gasteiger partial charge on any atom is -0.504 e. The first kappa shape index (κ1) is 28.8. The van der Waals surface area contributed by atoms with Gasteiger partial charge in [0.2, 0.25) is 5.91 Å². The van der Waals surface area contributed by atoms with Gasteiger partial charge in [0.25, 0.3) is 0 Å². The second-order valence-corrected chi connectivity index (χ2v) is 9.05. The zero-order chi connectivity index (χ0) is 28.4. The summed E-state index contributed by atoms with van der Waals surface area (Å²) >= 11 is 0. The fraction of sp³-hybridized carbons (Fsp3) is 0.233. The van der Waals surface area contributed by atoms with Gasteiger partial charge in [-0.3, -0.25) is 14.9 Å². The Balaban J connectivity index is 1.67. The average molecular weight is 532 g/mol. The maximum atomic E-state index is 12.8. The van der Waals surface area contributed by atoms with Crippen molar-refractivity contribution >= 4 is 34.8 Å². The number of rotatable bonds is 11. The number of aromatic hydroxyl groups is 1. The third-order valence-electron chi connectivity index (χ3n) is 6.10. The van der Waals surface area contributed by atoms with Crippen LogP contribution in [0.4, 0.5) is 21.9 Å². The monoisotopic (exact) mass is 531 g/mol. The van der Waals surface area contributed by atoms with Crippen LogP contribution < -0.4 is 21.1 Å². The van der Waals surface area contributed by atoms with Crippen LogP contribution in [0.25, 0.3) is 0 Å². The molecule has 0 saturated carbocycles. The number of ketones is 1. The summed E-state index contributed by atoms with van der Waals surface area (Å²) in [5.74, 6) is -0.335. The Kier molecular flexibility index (Phi) is 10.1. The summed E-state index contributed by atoms with van der Waals surface area (Å²) in [5.41, 5.74) is 8.47. The summed E-state index contributed by atoms with van der Waals surface area (Å²) in [6.07, 6.45) is 2.90. The number of amides is 2. The number of carbonyl (C=O) groups excluding carboxylic acids is 3. The predicted molar refractivity (Wildman–Crippen MR) is 151 cm³/mol. The van der Waals surface area contributed by atoms with Gasteiger partial charge in [0.15, 0.2) is 17.3 Å². The van der Waals surface area contributed by atoms with E-state index in [4.69, 9.17) is 15.2 Å². The summed E-state index contributed by atoms with van der Waals surface area (Å²) in [4.78, 5) is 36.5. The number of nitrogens with one attached hydrogen (secondary N) is 2. The number of phenolic OH excluding ortho intramolecular Hbond substituents is 1. The second-order valence-electron chi connectivity index (χ2n) is 9.05. The Morgan fingerprint density at radius 2 is 1.74 bits per heavy atom. The standard InChI is InChI=1S/C30H33N3O6/c1-19(8-4-7-11-28(36)33-25-10-6-5-9-24(25)31)29(22-14-17-27(38-3)26(35)18-22)39-30(37)32-23-15-12-21(13-16-23)20(2)34/h5-7,9-19,29,35H,4,8,31H2,1-3H3,(H,32,37)(H,33,36)/b11-7+/t19-,29-/m0/s1. The number of nitrogen functional groups attached to an aromatic ring is 1. The summed E-state index contributed by atoms with van der Waals surface area (Å²) in [6.45, 7) is 3.38. The minimum atomic E-state index is -0.704. The minimum absolute atomic E-state index is 0.0759. The molecule has 39 heavy (non-hydrogen) atoms. The lowest BCUT2D eigenvalue weighted by atomic mass is 9.92. The Morgan fingerprint density at radius 1 is 1.03 bits per heavy atom. The van der Waals surface area contributed by atoms with E-state index in [0.717, 1.165) is 0 Å². The van der Waals surface area contributed by atoms with Gasteiger partial charge in [-0.25, -0.2) is 4.79 Å². The van der Waals surface area contributed by atoms with Crippen molar-refractivity contribution in [3.05, 3.63) is 90.0 Å². The van der Waals surface area contributed by atoms with Gasteiger partial charge in [-0.1, -0.05) is 31.2 Å². The van der Waals surface area contributed by atoms with Crippen molar-refractivity contribution in [3.8, 4) is 11.5 Å². The van der Waals surface area contributed by atoms with Crippen LogP contribution in [0.2, 0.25) is 0 Å². The topological polar surface area (TPSA) is 140 Å². The summed E-state index contributed by atoms with van der Waals surface area (Å²) in [7, 11) is 1.45. The number of nitrogens with two attached hydrogens (primary N) is 1. The molecule has 9 nitrogen and oxygen atoms in total. The number of benzene rings is 3. The molecule has 0 spiro atoms. The maximum Gasteiger partial charge on any atom is 0.412 e. The van der Waals surface area contributed by atoms with Crippen molar-refractivity contribution in [3.63, 3.8) is 0 Å². The van der Waals surface area contributed by atoms with Gasteiger partial charge in [-0.05, 0) is 85.9 Å². The van der Waals surface area contributed by atoms with E-state index in [0.29, 0.717) is 46.8 Å². The fourth-order valence-corrected chi connectivity index (χ4v) is 3.93. The molecule has 0 unspecified atom stereocenters. The summed E-state index contributed by atoms with van der Waals surface area (Å²) in [6, 6.07) is 18.3. The molecule has 2 atom stereocenters. The zero-order valence-corrected chi connectivity index (χ0v) is 22.1. The van der Waals surface area contributed by atoms with Crippen molar-refractivity contribution in [2.45, 2.75) is 32.8 Å². The van der Waals surface area contributed by atoms with E-state index >= 15 is 0 Å². The van der Waals surface area contributed by atoms with Crippen LogP contribution in [0.15, 0.2) is 78.9 Å². The molecular formula is C30H33N3O6. The Labute approximate surface area is 227 Å². The predicted octanol–water partition coefficient (Wildman–Crippen LogP) is 6.09. The van der Waals surface area contributed by atoms with Crippen molar-refractivity contribution in [2.24, 2.45) is 5.92 Å². The first-order valence-electron chi connectivity index (χ1n) is 12.5. The third-order valence-corrected chi connectivity index (χ3v) is 6.10. The number of ether oxygens (including phenoxy) is 2. The molecule has 0 aliphatic rings. The molecule has 204 valence electrons. The normalized spacial score (nSPS) is 12.4. The van der Waals surface area contributed by atoms with Gasteiger partial charge in [-0.2, -0.15) is 0 Å². The first-order chi connectivity index (χ1) is 18.7. The smallest absolute Gasteiger partial charge is 0.412 e. The summed E-state index contributed by atoms with van der Waals surface area (Å²) < 4.78 is 10.9. The lowest BCUT2D eigenvalue weighted by Crippen LogP contribution is -2.22. The molecule has 2 amide bonds. The van der Waals surface area contributed by atoms with Gasteiger partial charge in [-0.15, -0.1) is 0 Å². The molecule has 3 aromatic rings. The molecule has 0 fully saturated rings. The van der Waals surface area contributed by atoms with Gasteiger partial charge >= 0.3 is 6.09 Å². The lowest BCUT2D eigenvalue weighted by Gasteiger charge is -2.25. The van der Waals surface area contributed by atoms with Crippen molar-refractivity contribution in [1.29, 1.82) is 0 Å². The van der Waals surface area contributed by atoms with Crippen LogP contribution in [0.5, 0.6) is 11.5 Å². The molecule has 0 aliphatic carbocycles.